The first-order valence-electron chi connectivity index (χ1n) is 8.43. The van der Waals surface area contributed by atoms with Crippen LogP contribution in [0.4, 0.5) is 17.6 Å². The van der Waals surface area contributed by atoms with Crippen LogP contribution < -0.4 is 0 Å². The highest BCUT2D eigenvalue weighted by Gasteiger charge is 2.36. The van der Waals surface area contributed by atoms with Crippen LogP contribution in [0.2, 0.25) is 0 Å². The third kappa shape index (κ3) is 3.31. The van der Waals surface area contributed by atoms with Crippen LogP contribution in [0, 0.1) is 5.82 Å². The minimum atomic E-state index is -4.72. The number of alkyl halides is 3. The molecule has 3 heterocycles. The maximum atomic E-state index is 13.6. The maximum Gasteiger partial charge on any atom is 0.433 e. The molecule has 1 aliphatic heterocycles. The zero-order chi connectivity index (χ0) is 19.9. The zero-order valence-corrected chi connectivity index (χ0v) is 14.4. The van der Waals surface area contributed by atoms with Gasteiger partial charge in [-0.3, -0.25) is 4.79 Å². The molecule has 1 amide bonds. The maximum absolute atomic E-state index is 13.6. The van der Waals surface area contributed by atoms with E-state index in [4.69, 9.17) is 4.74 Å². The Balaban J connectivity index is 1.87. The van der Waals surface area contributed by atoms with Crippen LogP contribution in [0.1, 0.15) is 16.1 Å². The predicted molar refractivity (Wildman–Crippen MR) is 90.1 cm³/mol. The van der Waals surface area contributed by atoms with Gasteiger partial charge in [0.1, 0.15) is 11.4 Å². The van der Waals surface area contributed by atoms with Gasteiger partial charge >= 0.3 is 6.18 Å². The molecule has 1 aromatic carbocycles. The first-order valence-corrected chi connectivity index (χ1v) is 8.43. The molecule has 0 aliphatic carbocycles. The topological polar surface area (TPSA) is 59.7 Å². The number of halogens is 4. The number of benzene rings is 1. The van der Waals surface area contributed by atoms with Crippen molar-refractivity contribution in [3.8, 4) is 11.3 Å². The zero-order valence-electron chi connectivity index (χ0n) is 14.4. The number of rotatable bonds is 2. The minimum absolute atomic E-state index is 0.0311. The van der Waals surface area contributed by atoms with Gasteiger partial charge in [0.05, 0.1) is 25.1 Å². The molecule has 28 heavy (non-hydrogen) atoms. The Hall–Kier alpha value is -3.01. The van der Waals surface area contributed by atoms with Gasteiger partial charge in [-0.2, -0.15) is 18.3 Å². The highest BCUT2D eigenvalue weighted by molar-refractivity contribution is 6.00. The summed E-state index contributed by atoms with van der Waals surface area (Å²) in [5.41, 5.74) is -1.04. The molecule has 0 radical (unpaired) electrons. The number of hydrogen-bond acceptors (Lipinski definition) is 4. The van der Waals surface area contributed by atoms with Crippen LogP contribution in [0.3, 0.4) is 0 Å². The summed E-state index contributed by atoms with van der Waals surface area (Å²) in [6, 6.07) is 5.74. The number of carbonyl (C=O) groups excluding carboxylic acids is 1. The first-order chi connectivity index (χ1) is 13.3. The van der Waals surface area contributed by atoms with Crippen molar-refractivity contribution in [2.75, 3.05) is 26.3 Å². The lowest BCUT2D eigenvalue weighted by molar-refractivity contribution is -0.142. The van der Waals surface area contributed by atoms with Gasteiger partial charge in [-0.15, -0.1) is 0 Å². The molecule has 1 fully saturated rings. The fourth-order valence-electron chi connectivity index (χ4n) is 3.02. The van der Waals surface area contributed by atoms with Crippen LogP contribution in [0.25, 0.3) is 16.9 Å². The quantitative estimate of drug-likeness (QED) is 0.627. The second kappa shape index (κ2) is 6.86. The van der Waals surface area contributed by atoms with E-state index in [1.165, 1.54) is 17.0 Å². The molecule has 0 saturated carbocycles. The number of carbonyl (C=O) groups is 1. The number of amides is 1. The Morgan fingerprint density at radius 1 is 1.11 bits per heavy atom. The molecule has 0 unspecified atom stereocenters. The lowest BCUT2D eigenvalue weighted by Gasteiger charge is -2.26. The Kier molecular flexibility index (Phi) is 4.50. The first kappa shape index (κ1) is 18.4. The molecule has 6 nitrogen and oxygen atoms in total. The van der Waals surface area contributed by atoms with Crippen LogP contribution in [-0.4, -0.2) is 51.7 Å². The van der Waals surface area contributed by atoms with E-state index in [-0.39, 0.29) is 16.9 Å². The average Bonchev–Trinajstić information content (AvgIpc) is 3.11. The molecule has 1 saturated heterocycles. The van der Waals surface area contributed by atoms with E-state index in [0.29, 0.717) is 36.4 Å². The van der Waals surface area contributed by atoms with Gasteiger partial charge < -0.3 is 9.64 Å². The molecule has 4 rings (SSSR count). The lowest BCUT2D eigenvalue weighted by Crippen LogP contribution is -2.40. The van der Waals surface area contributed by atoms with Crippen molar-refractivity contribution in [2.45, 2.75) is 6.18 Å². The van der Waals surface area contributed by atoms with E-state index < -0.39 is 23.6 Å². The van der Waals surface area contributed by atoms with E-state index in [9.17, 15) is 22.4 Å². The summed E-state index contributed by atoms with van der Waals surface area (Å²) >= 11 is 0. The molecule has 3 aromatic rings. The van der Waals surface area contributed by atoms with Crippen molar-refractivity contribution in [3.63, 3.8) is 0 Å². The van der Waals surface area contributed by atoms with Crippen molar-refractivity contribution >= 4 is 11.6 Å². The number of nitrogens with zero attached hydrogens (tertiary/aromatic N) is 4. The second-order valence-electron chi connectivity index (χ2n) is 6.23. The number of fused-ring (bicyclic) bond motifs is 1. The Morgan fingerprint density at radius 2 is 1.79 bits per heavy atom. The van der Waals surface area contributed by atoms with Gasteiger partial charge in [-0.25, -0.2) is 13.9 Å². The molecule has 0 N–H and O–H groups in total. The number of ether oxygens (including phenoxy) is 1. The molecular formula is C18H14F4N4O2. The van der Waals surface area contributed by atoms with Crippen LogP contribution in [-0.2, 0) is 10.9 Å². The molecule has 2 aromatic heterocycles. The fourth-order valence-corrected chi connectivity index (χ4v) is 3.02. The van der Waals surface area contributed by atoms with Crippen molar-refractivity contribution in [2.24, 2.45) is 0 Å². The third-order valence-electron chi connectivity index (χ3n) is 4.43. The van der Waals surface area contributed by atoms with Gasteiger partial charge in [0, 0.05) is 18.7 Å². The Bertz CT molecular complexity index is 1020. The van der Waals surface area contributed by atoms with Crippen molar-refractivity contribution < 1.29 is 27.1 Å². The highest BCUT2D eigenvalue weighted by atomic mass is 19.4. The number of morpholine rings is 1. The second-order valence-corrected chi connectivity index (χ2v) is 6.23. The fraction of sp³-hybridized carbons (Fsp3) is 0.278. The summed E-state index contributed by atoms with van der Waals surface area (Å²) in [7, 11) is 0. The summed E-state index contributed by atoms with van der Waals surface area (Å²) < 4.78 is 59.7. The summed E-state index contributed by atoms with van der Waals surface area (Å²) in [5.74, 6) is -0.983. The van der Waals surface area contributed by atoms with Crippen LogP contribution in [0.15, 0.2) is 36.5 Å². The molecular weight excluding hydrogens is 380 g/mol. The summed E-state index contributed by atoms with van der Waals surface area (Å²) in [6.45, 7) is 1.37. The summed E-state index contributed by atoms with van der Waals surface area (Å²) in [5, 5.41) is 3.75. The van der Waals surface area contributed by atoms with E-state index in [0.717, 1.165) is 24.4 Å². The number of aromatic nitrogens is 3. The molecule has 10 heteroatoms. The minimum Gasteiger partial charge on any atom is -0.378 e. The van der Waals surface area contributed by atoms with Gasteiger partial charge in [0.2, 0.25) is 0 Å². The van der Waals surface area contributed by atoms with E-state index in [1.54, 1.807) is 0 Å². The van der Waals surface area contributed by atoms with Crippen LogP contribution >= 0.6 is 0 Å². The van der Waals surface area contributed by atoms with Gasteiger partial charge in [-0.1, -0.05) is 0 Å². The van der Waals surface area contributed by atoms with Crippen molar-refractivity contribution in [1.29, 1.82) is 0 Å². The lowest BCUT2D eigenvalue weighted by atomic mass is 10.1. The van der Waals surface area contributed by atoms with Gasteiger partial charge in [0.25, 0.3) is 5.91 Å². The molecule has 146 valence electrons. The van der Waals surface area contributed by atoms with Crippen LogP contribution in [0.5, 0.6) is 0 Å². The predicted octanol–water partition coefficient (Wildman–Crippen LogP) is 3.03. The third-order valence-corrected chi connectivity index (χ3v) is 4.43. The molecule has 0 bridgehead atoms. The smallest absolute Gasteiger partial charge is 0.378 e. The average molecular weight is 394 g/mol. The van der Waals surface area contributed by atoms with Crippen molar-refractivity contribution in [3.05, 3.63) is 53.6 Å². The monoisotopic (exact) mass is 394 g/mol. The standard InChI is InChI=1S/C18H14F4N4O2/c19-12-3-1-11(2-4-12)14-9-15(18(20,21)22)26-16(24-14)13(10-23-26)17(27)25-5-7-28-8-6-25/h1-4,9-10H,5-8H2. The number of hydrogen-bond donors (Lipinski definition) is 0. The Labute approximate surface area is 156 Å². The normalized spacial score (nSPS) is 15.2. The van der Waals surface area contributed by atoms with Gasteiger partial charge in [0.15, 0.2) is 11.3 Å². The molecule has 0 atom stereocenters. The SMILES string of the molecule is O=C(c1cnn2c(C(F)(F)F)cc(-c3ccc(F)cc3)nc12)N1CCOCC1. The van der Waals surface area contributed by atoms with Gasteiger partial charge in [-0.05, 0) is 30.3 Å². The van der Waals surface area contributed by atoms with E-state index in [2.05, 4.69) is 10.1 Å². The van der Waals surface area contributed by atoms with E-state index >= 15 is 0 Å². The summed E-state index contributed by atoms with van der Waals surface area (Å²) in [4.78, 5) is 18.5. The Morgan fingerprint density at radius 3 is 2.43 bits per heavy atom. The molecule has 0 spiro atoms. The summed E-state index contributed by atoms with van der Waals surface area (Å²) in [6.07, 6.45) is -3.63. The largest absolute Gasteiger partial charge is 0.433 e. The van der Waals surface area contributed by atoms with E-state index in [1.807, 2.05) is 0 Å². The molecule has 1 aliphatic rings. The highest BCUT2D eigenvalue weighted by Crippen LogP contribution is 2.33. The van der Waals surface area contributed by atoms with Crippen molar-refractivity contribution in [1.82, 2.24) is 19.5 Å².